The number of aliphatic hydroxyl groups is 1. The van der Waals surface area contributed by atoms with Crippen molar-refractivity contribution in [2.75, 3.05) is 26.2 Å². The highest BCUT2D eigenvalue weighted by atomic mass is 16.5. The molecule has 0 saturated carbocycles. The van der Waals surface area contributed by atoms with Gasteiger partial charge < -0.3 is 9.84 Å². The van der Waals surface area contributed by atoms with Crippen molar-refractivity contribution < 1.29 is 9.84 Å². The largest absolute Gasteiger partial charge is 0.390 e. The maximum Gasteiger partial charge on any atom is 0.0960 e. The van der Waals surface area contributed by atoms with E-state index in [-0.39, 0.29) is 12.2 Å². The van der Waals surface area contributed by atoms with Gasteiger partial charge in [-0.1, -0.05) is 20.8 Å². The van der Waals surface area contributed by atoms with Crippen LogP contribution in [-0.4, -0.2) is 48.5 Å². The van der Waals surface area contributed by atoms with Gasteiger partial charge in [0, 0.05) is 13.1 Å². The Kier molecular flexibility index (Phi) is 5.58. The number of morpholine rings is 1. The molecule has 0 bridgehead atoms. The van der Waals surface area contributed by atoms with Crippen molar-refractivity contribution in [3.63, 3.8) is 0 Å². The van der Waals surface area contributed by atoms with E-state index >= 15 is 0 Å². The molecule has 0 aromatic rings. The van der Waals surface area contributed by atoms with Gasteiger partial charge in [-0.05, 0) is 25.3 Å². The Morgan fingerprint density at radius 3 is 2.73 bits per heavy atom. The van der Waals surface area contributed by atoms with Crippen LogP contribution in [0.1, 0.15) is 33.6 Å². The molecule has 90 valence electrons. The van der Waals surface area contributed by atoms with E-state index in [0.29, 0.717) is 5.92 Å². The van der Waals surface area contributed by atoms with Crippen LogP contribution in [-0.2, 0) is 4.74 Å². The van der Waals surface area contributed by atoms with Crippen LogP contribution in [0.2, 0.25) is 0 Å². The molecular weight excluding hydrogens is 190 g/mol. The van der Waals surface area contributed by atoms with Gasteiger partial charge in [0.2, 0.25) is 0 Å². The SMILES string of the molecule is CCN1CCOC(C(O)CCC(C)C)C1. The quantitative estimate of drug-likeness (QED) is 0.754. The van der Waals surface area contributed by atoms with Crippen LogP contribution in [0, 0.1) is 5.92 Å². The van der Waals surface area contributed by atoms with E-state index in [9.17, 15) is 5.11 Å². The minimum atomic E-state index is -0.290. The van der Waals surface area contributed by atoms with Crippen LogP contribution in [0.4, 0.5) is 0 Å². The minimum absolute atomic E-state index is 0.0254. The molecule has 1 rings (SSSR count). The van der Waals surface area contributed by atoms with Crippen molar-refractivity contribution in [2.24, 2.45) is 5.92 Å². The maximum absolute atomic E-state index is 9.98. The van der Waals surface area contributed by atoms with Gasteiger partial charge in [0.25, 0.3) is 0 Å². The fourth-order valence-electron chi connectivity index (χ4n) is 1.94. The normalized spacial score (nSPS) is 25.8. The second-order valence-corrected chi connectivity index (χ2v) is 4.84. The second kappa shape index (κ2) is 6.46. The summed E-state index contributed by atoms with van der Waals surface area (Å²) in [6, 6.07) is 0. The third-order valence-electron chi connectivity index (χ3n) is 3.09. The first-order valence-electron chi connectivity index (χ1n) is 6.15. The summed E-state index contributed by atoms with van der Waals surface area (Å²) in [4.78, 5) is 2.34. The summed E-state index contributed by atoms with van der Waals surface area (Å²) in [5.41, 5.74) is 0. The van der Waals surface area contributed by atoms with E-state index < -0.39 is 0 Å². The van der Waals surface area contributed by atoms with Crippen LogP contribution >= 0.6 is 0 Å². The predicted octanol–water partition coefficient (Wildman–Crippen LogP) is 1.50. The molecule has 1 N–H and O–H groups in total. The van der Waals surface area contributed by atoms with Gasteiger partial charge in [0.05, 0.1) is 18.8 Å². The topological polar surface area (TPSA) is 32.7 Å². The summed E-state index contributed by atoms with van der Waals surface area (Å²) in [5, 5.41) is 9.98. The first-order valence-corrected chi connectivity index (χ1v) is 6.15. The van der Waals surface area contributed by atoms with Crippen molar-refractivity contribution in [1.29, 1.82) is 0 Å². The second-order valence-electron chi connectivity index (χ2n) is 4.84. The van der Waals surface area contributed by atoms with Gasteiger partial charge in [-0.25, -0.2) is 0 Å². The molecule has 0 aromatic carbocycles. The molecule has 0 radical (unpaired) electrons. The van der Waals surface area contributed by atoms with Gasteiger partial charge >= 0.3 is 0 Å². The zero-order chi connectivity index (χ0) is 11.3. The number of likely N-dealkylation sites (N-methyl/N-ethyl adjacent to an activating group) is 1. The summed E-state index contributed by atoms with van der Waals surface area (Å²) in [5.74, 6) is 0.658. The molecule has 3 nitrogen and oxygen atoms in total. The smallest absolute Gasteiger partial charge is 0.0960 e. The van der Waals surface area contributed by atoms with Crippen molar-refractivity contribution in [2.45, 2.75) is 45.8 Å². The zero-order valence-corrected chi connectivity index (χ0v) is 10.3. The van der Waals surface area contributed by atoms with E-state index in [2.05, 4.69) is 25.7 Å². The van der Waals surface area contributed by atoms with Crippen LogP contribution in [0.3, 0.4) is 0 Å². The molecule has 0 aromatic heterocycles. The Balaban J connectivity index is 2.28. The van der Waals surface area contributed by atoms with Gasteiger partial charge in [-0.15, -0.1) is 0 Å². The van der Waals surface area contributed by atoms with Crippen molar-refractivity contribution in [3.8, 4) is 0 Å². The van der Waals surface area contributed by atoms with Gasteiger partial charge in [0.1, 0.15) is 0 Å². The molecule has 2 atom stereocenters. The highest BCUT2D eigenvalue weighted by Gasteiger charge is 2.25. The monoisotopic (exact) mass is 215 g/mol. The number of nitrogens with zero attached hydrogens (tertiary/aromatic N) is 1. The van der Waals surface area contributed by atoms with E-state index in [1.807, 2.05) is 0 Å². The molecular formula is C12H25NO2. The van der Waals surface area contributed by atoms with Crippen LogP contribution in [0.15, 0.2) is 0 Å². The van der Waals surface area contributed by atoms with E-state index in [1.54, 1.807) is 0 Å². The number of hydrogen-bond acceptors (Lipinski definition) is 3. The molecule has 1 saturated heterocycles. The highest BCUT2D eigenvalue weighted by molar-refractivity contribution is 4.77. The van der Waals surface area contributed by atoms with Crippen LogP contribution < -0.4 is 0 Å². The fourth-order valence-corrected chi connectivity index (χ4v) is 1.94. The van der Waals surface area contributed by atoms with E-state index in [1.165, 1.54) is 0 Å². The Labute approximate surface area is 93.4 Å². The molecule has 3 heteroatoms. The molecule has 1 heterocycles. The lowest BCUT2D eigenvalue weighted by Crippen LogP contribution is -2.47. The van der Waals surface area contributed by atoms with Gasteiger partial charge in [-0.3, -0.25) is 4.90 Å². The standard InChI is InChI=1S/C12H25NO2/c1-4-13-7-8-15-12(9-13)11(14)6-5-10(2)3/h10-12,14H,4-9H2,1-3H3. The third kappa shape index (κ3) is 4.49. The molecule has 1 aliphatic heterocycles. The highest BCUT2D eigenvalue weighted by Crippen LogP contribution is 2.15. The van der Waals surface area contributed by atoms with Crippen molar-refractivity contribution >= 4 is 0 Å². The Morgan fingerprint density at radius 2 is 2.13 bits per heavy atom. The Bertz CT molecular complexity index is 173. The first kappa shape index (κ1) is 12.9. The van der Waals surface area contributed by atoms with Crippen LogP contribution in [0.25, 0.3) is 0 Å². The summed E-state index contributed by atoms with van der Waals surface area (Å²) in [6.45, 7) is 10.2. The Morgan fingerprint density at radius 1 is 1.40 bits per heavy atom. The number of rotatable bonds is 5. The Hall–Kier alpha value is -0.120. The lowest BCUT2D eigenvalue weighted by atomic mass is 10.0. The number of hydrogen-bond donors (Lipinski definition) is 1. The maximum atomic E-state index is 9.98. The minimum Gasteiger partial charge on any atom is -0.390 e. The first-order chi connectivity index (χ1) is 7.13. The predicted molar refractivity (Wildman–Crippen MR) is 61.9 cm³/mol. The number of aliphatic hydroxyl groups excluding tert-OH is 1. The van der Waals surface area contributed by atoms with Crippen molar-refractivity contribution in [1.82, 2.24) is 4.90 Å². The summed E-state index contributed by atoms with van der Waals surface area (Å²) in [7, 11) is 0. The summed E-state index contributed by atoms with van der Waals surface area (Å²) < 4.78 is 5.61. The molecule has 0 amide bonds. The van der Waals surface area contributed by atoms with Gasteiger partial charge in [-0.2, -0.15) is 0 Å². The molecule has 1 fully saturated rings. The zero-order valence-electron chi connectivity index (χ0n) is 10.3. The lowest BCUT2D eigenvalue weighted by molar-refractivity contribution is -0.0902. The van der Waals surface area contributed by atoms with Gasteiger partial charge in [0.15, 0.2) is 0 Å². The third-order valence-corrected chi connectivity index (χ3v) is 3.09. The van der Waals surface area contributed by atoms with E-state index in [4.69, 9.17) is 4.74 Å². The van der Waals surface area contributed by atoms with Crippen LogP contribution in [0.5, 0.6) is 0 Å². The molecule has 1 aliphatic rings. The number of ether oxygens (including phenoxy) is 1. The van der Waals surface area contributed by atoms with E-state index in [0.717, 1.165) is 39.1 Å². The molecule has 0 spiro atoms. The van der Waals surface area contributed by atoms with Crippen molar-refractivity contribution in [3.05, 3.63) is 0 Å². The molecule has 2 unspecified atom stereocenters. The molecule has 15 heavy (non-hydrogen) atoms. The molecule has 0 aliphatic carbocycles. The average Bonchev–Trinajstić information content (AvgIpc) is 2.26. The average molecular weight is 215 g/mol. The lowest BCUT2D eigenvalue weighted by Gasteiger charge is -2.34. The fraction of sp³-hybridized carbons (Fsp3) is 1.00. The summed E-state index contributed by atoms with van der Waals surface area (Å²) >= 11 is 0. The summed E-state index contributed by atoms with van der Waals surface area (Å²) in [6.07, 6.45) is 1.67.